The molecule has 4 rings (SSSR count). The fourth-order valence-electron chi connectivity index (χ4n) is 3.98. The Kier molecular flexibility index (Phi) is 3.80. The van der Waals surface area contributed by atoms with E-state index in [-0.39, 0.29) is 6.71 Å². The van der Waals surface area contributed by atoms with E-state index in [9.17, 15) is 0 Å². The summed E-state index contributed by atoms with van der Waals surface area (Å²) < 4.78 is 11.2. The van der Waals surface area contributed by atoms with Gasteiger partial charge in [0.2, 0.25) is 6.71 Å². The summed E-state index contributed by atoms with van der Waals surface area (Å²) >= 11 is 0. The largest absolute Gasteiger partial charge is 0.496 e. The summed E-state index contributed by atoms with van der Waals surface area (Å²) in [5.74, 6) is 1.86. The fourth-order valence-corrected chi connectivity index (χ4v) is 3.98. The van der Waals surface area contributed by atoms with Crippen molar-refractivity contribution in [2.75, 3.05) is 14.2 Å². The van der Waals surface area contributed by atoms with Gasteiger partial charge in [0.25, 0.3) is 0 Å². The molecule has 124 valence electrons. The van der Waals surface area contributed by atoms with Crippen LogP contribution in [-0.4, -0.2) is 20.9 Å². The monoisotopic (exact) mass is 328 g/mol. The van der Waals surface area contributed by atoms with Crippen LogP contribution in [0.2, 0.25) is 0 Å². The molecule has 2 nitrogen and oxygen atoms in total. The number of methoxy groups -OCH3 is 2. The van der Waals surface area contributed by atoms with Crippen molar-refractivity contribution in [3.05, 3.63) is 65.7 Å². The van der Waals surface area contributed by atoms with Gasteiger partial charge in [-0.25, -0.2) is 0 Å². The molecular formula is C22H21BO2. The normalized spacial score (nSPS) is 11.9. The van der Waals surface area contributed by atoms with Gasteiger partial charge in [0.05, 0.1) is 14.2 Å². The molecule has 0 radical (unpaired) electrons. The number of aryl methyl sites for hydroxylation is 2. The van der Waals surface area contributed by atoms with Gasteiger partial charge >= 0.3 is 0 Å². The second-order valence-electron chi connectivity index (χ2n) is 6.66. The van der Waals surface area contributed by atoms with Gasteiger partial charge in [-0.05, 0) is 48.2 Å². The number of benzene rings is 3. The Morgan fingerprint density at radius 2 is 1.16 bits per heavy atom. The Morgan fingerprint density at radius 1 is 0.680 bits per heavy atom. The smallest absolute Gasteiger partial charge is 0.242 e. The van der Waals surface area contributed by atoms with Crippen molar-refractivity contribution in [3.8, 4) is 22.6 Å². The van der Waals surface area contributed by atoms with Crippen molar-refractivity contribution >= 4 is 23.1 Å². The van der Waals surface area contributed by atoms with E-state index < -0.39 is 0 Å². The fraction of sp³-hybridized carbons (Fsp3) is 0.182. The summed E-state index contributed by atoms with van der Waals surface area (Å²) in [5, 5.41) is 0. The Labute approximate surface area is 149 Å². The summed E-state index contributed by atoms with van der Waals surface area (Å²) in [6.07, 6.45) is 0. The first-order valence-corrected chi connectivity index (χ1v) is 8.56. The van der Waals surface area contributed by atoms with Crippen LogP contribution in [0.25, 0.3) is 11.1 Å². The molecule has 3 aromatic rings. The molecule has 0 fully saturated rings. The minimum atomic E-state index is 0.250. The zero-order chi connectivity index (χ0) is 17.6. The lowest BCUT2D eigenvalue weighted by molar-refractivity contribution is 0.411. The van der Waals surface area contributed by atoms with Crippen LogP contribution in [0.4, 0.5) is 0 Å². The summed E-state index contributed by atoms with van der Waals surface area (Å²) in [6.45, 7) is 4.46. The number of hydrogen-bond donors (Lipinski definition) is 0. The van der Waals surface area contributed by atoms with Crippen LogP contribution >= 0.6 is 0 Å². The Morgan fingerprint density at radius 3 is 1.60 bits per heavy atom. The molecule has 0 atom stereocenters. The molecular weight excluding hydrogens is 307 g/mol. The lowest BCUT2D eigenvalue weighted by atomic mass is 9.39. The third-order valence-electron chi connectivity index (χ3n) is 5.18. The van der Waals surface area contributed by atoms with Crippen LogP contribution in [0.5, 0.6) is 11.5 Å². The van der Waals surface area contributed by atoms with Crippen LogP contribution in [0, 0.1) is 13.8 Å². The van der Waals surface area contributed by atoms with Gasteiger partial charge in [-0.2, -0.15) is 0 Å². The van der Waals surface area contributed by atoms with Crippen LogP contribution in [0.3, 0.4) is 0 Å². The first kappa shape index (κ1) is 15.8. The van der Waals surface area contributed by atoms with Gasteiger partial charge < -0.3 is 9.47 Å². The van der Waals surface area contributed by atoms with Crippen LogP contribution < -0.4 is 25.9 Å². The first-order valence-electron chi connectivity index (χ1n) is 8.56. The number of rotatable bonds is 3. The van der Waals surface area contributed by atoms with Gasteiger partial charge in [-0.3, -0.25) is 0 Å². The van der Waals surface area contributed by atoms with Crippen molar-refractivity contribution in [1.29, 1.82) is 0 Å². The quantitative estimate of drug-likeness (QED) is 0.539. The zero-order valence-electron chi connectivity index (χ0n) is 15.1. The second kappa shape index (κ2) is 6.00. The van der Waals surface area contributed by atoms with Crippen LogP contribution in [0.15, 0.2) is 54.6 Å². The highest BCUT2D eigenvalue weighted by Gasteiger charge is 2.34. The minimum absolute atomic E-state index is 0.250. The zero-order valence-corrected chi connectivity index (χ0v) is 15.1. The molecule has 3 aromatic carbocycles. The van der Waals surface area contributed by atoms with Crippen molar-refractivity contribution < 1.29 is 9.47 Å². The molecule has 0 amide bonds. The predicted octanol–water partition coefficient (Wildman–Crippen LogP) is 2.82. The molecule has 1 aliphatic rings. The molecule has 0 unspecified atom stereocenters. The molecule has 0 saturated carbocycles. The van der Waals surface area contributed by atoms with Crippen molar-refractivity contribution in [2.45, 2.75) is 13.8 Å². The molecule has 3 heteroatoms. The van der Waals surface area contributed by atoms with E-state index in [0.29, 0.717) is 0 Å². The summed E-state index contributed by atoms with van der Waals surface area (Å²) in [4.78, 5) is 0. The average molecular weight is 328 g/mol. The first-order chi connectivity index (χ1) is 12.1. The van der Waals surface area contributed by atoms with Gasteiger partial charge in [-0.1, -0.05) is 58.9 Å². The molecule has 0 bridgehead atoms. The maximum absolute atomic E-state index is 5.58. The van der Waals surface area contributed by atoms with E-state index in [2.05, 4.69) is 68.4 Å². The molecule has 0 aliphatic carbocycles. The van der Waals surface area contributed by atoms with Crippen LogP contribution in [-0.2, 0) is 0 Å². The highest BCUT2D eigenvalue weighted by Crippen LogP contribution is 2.32. The second-order valence-corrected chi connectivity index (χ2v) is 6.66. The lowest BCUT2D eigenvalue weighted by Gasteiger charge is -2.13. The third kappa shape index (κ3) is 2.42. The van der Waals surface area contributed by atoms with Crippen molar-refractivity contribution in [2.24, 2.45) is 0 Å². The van der Waals surface area contributed by atoms with Gasteiger partial charge in [0.1, 0.15) is 11.5 Å². The molecule has 25 heavy (non-hydrogen) atoms. The Hall–Kier alpha value is -2.68. The van der Waals surface area contributed by atoms with E-state index in [1.54, 1.807) is 14.2 Å². The minimum Gasteiger partial charge on any atom is -0.496 e. The highest BCUT2D eigenvalue weighted by molar-refractivity contribution is 6.99. The van der Waals surface area contributed by atoms with E-state index >= 15 is 0 Å². The van der Waals surface area contributed by atoms with E-state index in [0.717, 1.165) is 11.5 Å². The summed E-state index contributed by atoms with van der Waals surface area (Å²) in [5.41, 5.74) is 8.81. The number of hydrogen-bond acceptors (Lipinski definition) is 2. The van der Waals surface area contributed by atoms with E-state index in [4.69, 9.17) is 9.47 Å². The maximum Gasteiger partial charge on any atom is 0.242 e. The number of fused-ring (bicyclic) bond motifs is 3. The van der Waals surface area contributed by atoms with Crippen molar-refractivity contribution in [1.82, 2.24) is 0 Å². The molecule has 1 heterocycles. The van der Waals surface area contributed by atoms with Gasteiger partial charge in [0.15, 0.2) is 0 Å². The number of ether oxygens (including phenoxy) is 2. The van der Waals surface area contributed by atoms with E-state index in [1.165, 1.54) is 38.6 Å². The van der Waals surface area contributed by atoms with E-state index in [1.807, 2.05) is 0 Å². The SMILES string of the molecule is COc1cc2c(cc1C)B(c1ccccc1)c1cc(C)c(OC)cc1-2. The summed E-state index contributed by atoms with van der Waals surface area (Å²) in [7, 11) is 3.46. The predicted molar refractivity (Wildman–Crippen MR) is 106 cm³/mol. The van der Waals surface area contributed by atoms with Crippen molar-refractivity contribution in [3.63, 3.8) is 0 Å². The molecule has 0 aromatic heterocycles. The lowest BCUT2D eigenvalue weighted by Crippen LogP contribution is -2.49. The molecule has 0 N–H and O–H groups in total. The van der Waals surface area contributed by atoms with Gasteiger partial charge in [-0.15, -0.1) is 0 Å². The molecule has 1 aliphatic heterocycles. The Bertz CT molecular complexity index is 888. The average Bonchev–Trinajstić information content (AvgIpc) is 2.92. The molecule has 0 saturated heterocycles. The standard InChI is InChI=1S/C22H21BO2/c1-14-10-19-17(12-21(14)24-3)18-13-22(25-4)15(2)11-20(18)23(19)16-8-6-5-7-9-16/h5-13H,1-4H3. The van der Waals surface area contributed by atoms with Gasteiger partial charge in [0, 0.05) is 0 Å². The summed E-state index contributed by atoms with van der Waals surface area (Å²) in [6, 6.07) is 19.6. The molecule has 0 spiro atoms. The third-order valence-corrected chi connectivity index (χ3v) is 5.18. The highest BCUT2D eigenvalue weighted by atomic mass is 16.5. The van der Waals surface area contributed by atoms with Crippen LogP contribution in [0.1, 0.15) is 11.1 Å². The topological polar surface area (TPSA) is 18.5 Å². The maximum atomic E-state index is 5.58. The Balaban J connectivity index is 2.03.